The molecule has 3 aromatic rings. The average molecular weight is 697 g/mol. The smallest absolute Gasteiger partial charge is 0.325 e. The molecule has 4 rings (SSSR count). The fourth-order valence-corrected chi connectivity index (χ4v) is 5.99. The van der Waals surface area contributed by atoms with Gasteiger partial charge in [-0.25, -0.2) is 4.39 Å². The quantitative estimate of drug-likeness (QED) is 0.222. The van der Waals surface area contributed by atoms with Gasteiger partial charge in [0.2, 0.25) is 17.7 Å². The van der Waals surface area contributed by atoms with Gasteiger partial charge in [-0.05, 0) is 65.9 Å². The first-order chi connectivity index (χ1) is 21.4. The van der Waals surface area contributed by atoms with Crippen LogP contribution in [0.1, 0.15) is 23.1 Å². The number of nitrogens with zero attached hydrogens (tertiary/aromatic N) is 3. The Balaban J connectivity index is 1.57. The van der Waals surface area contributed by atoms with E-state index in [1.54, 1.807) is 36.4 Å². The van der Waals surface area contributed by atoms with E-state index in [-0.39, 0.29) is 38.6 Å². The molecule has 3 aromatic carbocycles. The highest BCUT2D eigenvalue weighted by molar-refractivity contribution is 6.35. The maximum absolute atomic E-state index is 13.9. The molecule has 0 radical (unpaired) electrons. The predicted molar refractivity (Wildman–Crippen MR) is 171 cm³/mol. The topological polar surface area (TPSA) is 87.2 Å². The van der Waals surface area contributed by atoms with Crippen molar-refractivity contribution in [1.29, 1.82) is 0 Å². The molecule has 0 N–H and O–H groups in total. The van der Waals surface area contributed by atoms with Crippen molar-refractivity contribution < 1.29 is 28.3 Å². The maximum atomic E-state index is 13.9. The van der Waals surface area contributed by atoms with Crippen molar-refractivity contribution >= 4 is 70.1 Å². The average Bonchev–Trinajstić information content (AvgIpc) is 3.00. The van der Waals surface area contributed by atoms with Crippen LogP contribution < -0.4 is 0 Å². The van der Waals surface area contributed by atoms with Crippen molar-refractivity contribution in [1.82, 2.24) is 14.7 Å². The molecular formula is C32H30Cl4FN3O5. The molecule has 45 heavy (non-hydrogen) atoms. The Labute approximate surface area is 280 Å². The lowest BCUT2D eigenvalue weighted by molar-refractivity contribution is -0.159. The third-order valence-corrected chi connectivity index (χ3v) is 8.66. The van der Waals surface area contributed by atoms with Crippen molar-refractivity contribution in [2.45, 2.75) is 31.8 Å². The second-order valence-electron chi connectivity index (χ2n) is 10.5. The lowest BCUT2D eigenvalue weighted by Crippen LogP contribution is -2.61. The van der Waals surface area contributed by atoms with Gasteiger partial charge in [0.05, 0.1) is 20.1 Å². The second kappa shape index (κ2) is 15.8. The molecule has 13 heteroatoms. The summed E-state index contributed by atoms with van der Waals surface area (Å²) < 4.78 is 18.4. The number of carbonyl (C=O) groups excluding carboxylic acids is 4. The minimum Gasteiger partial charge on any atom is -0.468 e. The summed E-state index contributed by atoms with van der Waals surface area (Å²) in [5.74, 6) is -2.46. The Hall–Kier alpha value is -3.37. The summed E-state index contributed by atoms with van der Waals surface area (Å²) in [5, 5.41) is 1.76. The number of ether oxygens (including phenoxy) is 1. The zero-order valence-electron chi connectivity index (χ0n) is 24.3. The predicted octanol–water partition coefficient (Wildman–Crippen LogP) is 5.86. The molecule has 1 saturated heterocycles. The molecule has 1 aliphatic rings. The Morgan fingerprint density at radius 2 is 1.51 bits per heavy atom. The Morgan fingerprint density at radius 3 is 2.09 bits per heavy atom. The van der Waals surface area contributed by atoms with Gasteiger partial charge < -0.3 is 19.4 Å². The van der Waals surface area contributed by atoms with Crippen LogP contribution in [0.4, 0.5) is 4.39 Å². The minimum atomic E-state index is -1.18. The van der Waals surface area contributed by atoms with Gasteiger partial charge in [0.25, 0.3) is 0 Å². The molecule has 1 aliphatic heterocycles. The first-order valence-electron chi connectivity index (χ1n) is 14.0. The van der Waals surface area contributed by atoms with Gasteiger partial charge in [0.1, 0.15) is 18.4 Å². The first-order valence-corrected chi connectivity index (χ1v) is 15.5. The van der Waals surface area contributed by atoms with Gasteiger partial charge in [-0.15, -0.1) is 0 Å². The highest BCUT2D eigenvalue weighted by Crippen LogP contribution is 2.25. The van der Waals surface area contributed by atoms with Gasteiger partial charge in [-0.3, -0.25) is 19.2 Å². The molecule has 0 spiro atoms. The number of benzene rings is 3. The van der Waals surface area contributed by atoms with Crippen LogP contribution in [-0.2, 0) is 43.3 Å². The number of halogens is 5. The van der Waals surface area contributed by atoms with Crippen LogP contribution in [0.2, 0.25) is 20.1 Å². The highest BCUT2D eigenvalue weighted by atomic mass is 35.5. The molecule has 0 saturated carbocycles. The van der Waals surface area contributed by atoms with Crippen molar-refractivity contribution in [2.75, 3.05) is 33.3 Å². The van der Waals surface area contributed by atoms with Gasteiger partial charge in [-0.1, -0.05) is 70.7 Å². The number of amides is 3. The highest BCUT2D eigenvalue weighted by Gasteiger charge is 2.41. The lowest BCUT2D eigenvalue weighted by atomic mass is 10.0. The summed E-state index contributed by atoms with van der Waals surface area (Å²) in [4.78, 5) is 57.4. The zero-order chi connectivity index (χ0) is 32.7. The third-order valence-electron chi connectivity index (χ3n) is 7.49. The molecule has 0 bridgehead atoms. The molecule has 0 aliphatic carbocycles. The van der Waals surface area contributed by atoms with Crippen LogP contribution in [-0.4, -0.2) is 77.7 Å². The Morgan fingerprint density at radius 1 is 0.911 bits per heavy atom. The van der Waals surface area contributed by atoms with E-state index in [1.165, 1.54) is 46.1 Å². The van der Waals surface area contributed by atoms with E-state index in [0.29, 0.717) is 44.1 Å². The molecule has 8 nitrogen and oxygen atoms in total. The molecule has 1 fully saturated rings. The van der Waals surface area contributed by atoms with Crippen LogP contribution in [0.3, 0.4) is 0 Å². The lowest BCUT2D eigenvalue weighted by Gasteiger charge is -2.40. The van der Waals surface area contributed by atoms with Gasteiger partial charge in [-0.2, -0.15) is 0 Å². The number of rotatable bonds is 12. The number of hydrogen-bond acceptors (Lipinski definition) is 5. The third kappa shape index (κ3) is 9.33. The molecule has 0 aromatic heterocycles. The van der Waals surface area contributed by atoms with Crippen LogP contribution in [0.15, 0.2) is 60.7 Å². The zero-order valence-corrected chi connectivity index (χ0v) is 27.3. The van der Waals surface area contributed by atoms with E-state index in [9.17, 15) is 23.6 Å². The van der Waals surface area contributed by atoms with Crippen LogP contribution in [0, 0.1) is 5.82 Å². The molecule has 1 heterocycles. The summed E-state index contributed by atoms with van der Waals surface area (Å²) in [6.07, 6.45) is 0.253. The summed E-state index contributed by atoms with van der Waals surface area (Å²) in [7, 11) is 1.21. The largest absolute Gasteiger partial charge is 0.468 e. The number of piperazine rings is 1. The standard InChI is InChI=1S/C32H30Cl4FN3O5/c1-45-31(43)19-38(12-10-21-4-6-23(33)14-26(21)35)29(41)16-28-32(44)39(13-11-22-5-7-24(34)15-27(22)36)18-30(42)40(28)17-20-2-8-25(37)9-3-20/h2-9,14-15,28H,10-13,16-19H2,1H3. The van der Waals surface area contributed by atoms with Gasteiger partial charge in [0, 0.05) is 39.7 Å². The molecule has 1 unspecified atom stereocenters. The molecule has 1 atom stereocenters. The van der Waals surface area contributed by atoms with E-state index >= 15 is 0 Å². The fraction of sp³-hybridized carbons (Fsp3) is 0.312. The van der Waals surface area contributed by atoms with Crippen LogP contribution in [0.5, 0.6) is 0 Å². The van der Waals surface area contributed by atoms with Crippen LogP contribution in [0.25, 0.3) is 0 Å². The van der Waals surface area contributed by atoms with E-state index in [1.807, 2.05) is 0 Å². The van der Waals surface area contributed by atoms with E-state index < -0.39 is 36.1 Å². The number of carbonyl (C=O) groups is 4. The summed E-state index contributed by atoms with van der Waals surface area (Å²) >= 11 is 24.7. The van der Waals surface area contributed by atoms with E-state index in [4.69, 9.17) is 51.1 Å². The Kier molecular flexibility index (Phi) is 12.1. The van der Waals surface area contributed by atoms with E-state index in [2.05, 4.69) is 0 Å². The maximum Gasteiger partial charge on any atom is 0.325 e. The minimum absolute atomic E-state index is 0.0168. The van der Waals surface area contributed by atoms with Crippen molar-refractivity contribution in [3.05, 3.63) is 103 Å². The monoisotopic (exact) mass is 695 g/mol. The van der Waals surface area contributed by atoms with Gasteiger partial charge >= 0.3 is 5.97 Å². The summed E-state index contributed by atoms with van der Waals surface area (Å²) in [6.45, 7) is -0.344. The SMILES string of the molecule is COC(=O)CN(CCc1ccc(Cl)cc1Cl)C(=O)CC1C(=O)N(CCc2ccc(Cl)cc2Cl)CC(=O)N1Cc1ccc(F)cc1. The van der Waals surface area contributed by atoms with Crippen molar-refractivity contribution in [3.63, 3.8) is 0 Å². The summed E-state index contributed by atoms with van der Waals surface area (Å²) in [6, 6.07) is 14.4. The van der Waals surface area contributed by atoms with Crippen molar-refractivity contribution in [2.24, 2.45) is 0 Å². The number of esters is 1. The van der Waals surface area contributed by atoms with Crippen molar-refractivity contribution in [3.8, 4) is 0 Å². The Bertz CT molecular complexity index is 1570. The first kappa shape index (κ1) is 34.5. The number of methoxy groups -OCH3 is 1. The fourth-order valence-electron chi connectivity index (χ4n) is 4.99. The number of hydrogen-bond donors (Lipinski definition) is 0. The second-order valence-corrected chi connectivity index (χ2v) is 12.2. The van der Waals surface area contributed by atoms with Crippen LogP contribution >= 0.6 is 46.4 Å². The van der Waals surface area contributed by atoms with Gasteiger partial charge in [0.15, 0.2) is 0 Å². The van der Waals surface area contributed by atoms with E-state index in [0.717, 1.165) is 5.56 Å². The summed E-state index contributed by atoms with van der Waals surface area (Å²) in [5.41, 5.74) is 2.03. The molecule has 238 valence electrons. The molecular weight excluding hydrogens is 667 g/mol. The normalized spacial score (nSPS) is 14.9. The molecule has 3 amide bonds.